The summed E-state index contributed by atoms with van der Waals surface area (Å²) in [4.78, 5) is 11.4. The van der Waals surface area contributed by atoms with Crippen molar-refractivity contribution in [2.45, 2.75) is 41.0 Å². The topological polar surface area (TPSA) is 26.3 Å². The summed E-state index contributed by atoms with van der Waals surface area (Å²) >= 11 is 0. The van der Waals surface area contributed by atoms with E-state index in [1.165, 1.54) is 0 Å². The Morgan fingerprint density at radius 2 is 1.93 bits per heavy atom. The van der Waals surface area contributed by atoms with E-state index in [9.17, 15) is 4.79 Å². The molecule has 2 nitrogen and oxygen atoms in total. The van der Waals surface area contributed by atoms with Gasteiger partial charge in [0.1, 0.15) is 0 Å². The van der Waals surface area contributed by atoms with Crippen LogP contribution < -0.4 is 0 Å². The number of carbonyl (C=O) groups excluding carboxylic acids is 1. The molecule has 0 N–H and O–H groups in total. The number of allylic oxidation sites excluding steroid dienone is 1. The third kappa shape index (κ3) is 5.79. The van der Waals surface area contributed by atoms with E-state index >= 15 is 0 Å². The summed E-state index contributed by atoms with van der Waals surface area (Å²) in [5, 5.41) is 0. The first-order valence-corrected chi connectivity index (χ1v) is 5.32. The lowest BCUT2D eigenvalue weighted by Crippen LogP contribution is -2.12. The molecule has 0 saturated carbocycles. The second-order valence-electron chi connectivity index (χ2n) is 4.21. The van der Waals surface area contributed by atoms with Crippen LogP contribution in [-0.2, 0) is 9.53 Å². The van der Waals surface area contributed by atoms with Gasteiger partial charge in [-0.2, -0.15) is 0 Å². The Balaban J connectivity index is 3.96. The summed E-state index contributed by atoms with van der Waals surface area (Å²) in [6.07, 6.45) is 2.97. The molecule has 1 atom stereocenters. The first-order valence-electron chi connectivity index (χ1n) is 5.32. The zero-order valence-corrected chi connectivity index (χ0v) is 9.96. The van der Waals surface area contributed by atoms with Crippen LogP contribution in [0.3, 0.4) is 0 Å². The van der Waals surface area contributed by atoms with E-state index in [0.29, 0.717) is 24.0 Å². The standard InChI is InChI=1S/C12H22O2/c1-6-10(4)8-14-12(13)11(5)7-9(2)3/h7,9-10H,6,8H2,1-5H3/b11-7+. The SMILES string of the molecule is CCC(C)COC(=O)/C(C)=C/C(C)C. The minimum Gasteiger partial charge on any atom is -0.462 e. The molecule has 0 aliphatic rings. The van der Waals surface area contributed by atoms with E-state index < -0.39 is 0 Å². The molecule has 0 aromatic carbocycles. The summed E-state index contributed by atoms with van der Waals surface area (Å²) in [5.41, 5.74) is 0.711. The lowest BCUT2D eigenvalue weighted by atomic mass is 10.1. The van der Waals surface area contributed by atoms with Crippen LogP contribution >= 0.6 is 0 Å². The lowest BCUT2D eigenvalue weighted by Gasteiger charge is -2.10. The van der Waals surface area contributed by atoms with Crippen molar-refractivity contribution in [2.24, 2.45) is 11.8 Å². The van der Waals surface area contributed by atoms with E-state index in [4.69, 9.17) is 4.74 Å². The molecule has 14 heavy (non-hydrogen) atoms. The van der Waals surface area contributed by atoms with Gasteiger partial charge in [0.25, 0.3) is 0 Å². The summed E-state index contributed by atoms with van der Waals surface area (Å²) in [6, 6.07) is 0. The van der Waals surface area contributed by atoms with Gasteiger partial charge in [0.2, 0.25) is 0 Å². The molecular formula is C12H22O2. The van der Waals surface area contributed by atoms with Gasteiger partial charge < -0.3 is 4.74 Å². The molecule has 2 heteroatoms. The fourth-order valence-electron chi connectivity index (χ4n) is 1.02. The first-order chi connectivity index (χ1) is 6.47. The molecule has 0 amide bonds. The molecule has 0 heterocycles. The van der Waals surface area contributed by atoms with E-state index in [1.807, 2.05) is 19.9 Å². The van der Waals surface area contributed by atoms with E-state index in [0.717, 1.165) is 6.42 Å². The minimum atomic E-state index is -0.181. The molecule has 0 radical (unpaired) electrons. The molecule has 0 bridgehead atoms. The van der Waals surface area contributed by atoms with Crippen LogP contribution in [0.5, 0.6) is 0 Å². The van der Waals surface area contributed by atoms with Crippen molar-refractivity contribution < 1.29 is 9.53 Å². The normalized spacial score (nSPS) is 14.3. The van der Waals surface area contributed by atoms with Crippen LogP contribution in [0.1, 0.15) is 41.0 Å². The molecular weight excluding hydrogens is 176 g/mol. The third-order valence-electron chi connectivity index (χ3n) is 2.10. The van der Waals surface area contributed by atoms with Crippen molar-refractivity contribution in [3.8, 4) is 0 Å². The molecule has 0 aromatic rings. The maximum Gasteiger partial charge on any atom is 0.333 e. The second kappa shape index (κ2) is 6.63. The number of ether oxygens (including phenoxy) is 1. The third-order valence-corrected chi connectivity index (χ3v) is 2.10. The minimum absolute atomic E-state index is 0.181. The molecule has 0 saturated heterocycles. The van der Waals surface area contributed by atoms with Gasteiger partial charge in [0.15, 0.2) is 0 Å². The van der Waals surface area contributed by atoms with Gasteiger partial charge in [-0.3, -0.25) is 0 Å². The largest absolute Gasteiger partial charge is 0.462 e. The van der Waals surface area contributed by atoms with Crippen molar-refractivity contribution in [1.29, 1.82) is 0 Å². The Hall–Kier alpha value is -0.790. The fourth-order valence-corrected chi connectivity index (χ4v) is 1.02. The van der Waals surface area contributed by atoms with Gasteiger partial charge in [-0.05, 0) is 18.8 Å². The van der Waals surface area contributed by atoms with Gasteiger partial charge in [-0.15, -0.1) is 0 Å². The summed E-state index contributed by atoms with van der Waals surface area (Å²) in [5.74, 6) is 0.663. The Bertz CT molecular complexity index is 204. The maximum absolute atomic E-state index is 11.4. The Labute approximate surface area is 87.3 Å². The number of hydrogen-bond acceptors (Lipinski definition) is 2. The van der Waals surface area contributed by atoms with E-state index in [2.05, 4.69) is 13.8 Å². The highest BCUT2D eigenvalue weighted by Gasteiger charge is 2.08. The van der Waals surface area contributed by atoms with Crippen LogP contribution in [-0.4, -0.2) is 12.6 Å². The Morgan fingerprint density at radius 3 is 2.36 bits per heavy atom. The summed E-state index contributed by atoms with van der Waals surface area (Å²) in [7, 11) is 0. The molecule has 0 fully saturated rings. The summed E-state index contributed by atoms with van der Waals surface area (Å²) < 4.78 is 5.15. The van der Waals surface area contributed by atoms with Gasteiger partial charge in [0, 0.05) is 5.57 Å². The van der Waals surface area contributed by atoms with Crippen LogP contribution in [0.2, 0.25) is 0 Å². The van der Waals surface area contributed by atoms with Gasteiger partial charge in [-0.1, -0.05) is 40.2 Å². The van der Waals surface area contributed by atoms with E-state index in [1.54, 1.807) is 6.92 Å². The second-order valence-corrected chi connectivity index (χ2v) is 4.21. The molecule has 82 valence electrons. The van der Waals surface area contributed by atoms with Gasteiger partial charge in [-0.25, -0.2) is 4.79 Å². The van der Waals surface area contributed by atoms with Crippen LogP contribution in [0.4, 0.5) is 0 Å². The zero-order chi connectivity index (χ0) is 11.1. The predicted molar refractivity (Wildman–Crippen MR) is 59.0 cm³/mol. The highest BCUT2D eigenvalue weighted by atomic mass is 16.5. The highest BCUT2D eigenvalue weighted by Crippen LogP contribution is 2.06. The number of carbonyl (C=O) groups is 1. The number of rotatable bonds is 5. The van der Waals surface area contributed by atoms with Crippen molar-refractivity contribution in [3.05, 3.63) is 11.6 Å². The van der Waals surface area contributed by atoms with Crippen LogP contribution in [0, 0.1) is 11.8 Å². The van der Waals surface area contributed by atoms with Gasteiger partial charge >= 0.3 is 5.97 Å². The van der Waals surface area contributed by atoms with Crippen LogP contribution in [0.15, 0.2) is 11.6 Å². The van der Waals surface area contributed by atoms with Crippen molar-refractivity contribution in [3.63, 3.8) is 0 Å². The van der Waals surface area contributed by atoms with Crippen molar-refractivity contribution >= 4 is 5.97 Å². The number of hydrogen-bond donors (Lipinski definition) is 0. The Morgan fingerprint density at radius 1 is 1.36 bits per heavy atom. The number of esters is 1. The average molecular weight is 198 g/mol. The lowest BCUT2D eigenvalue weighted by molar-refractivity contribution is -0.140. The first kappa shape index (κ1) is 13.2. The zero-order valence-electron chi connectivity index (χ0n) is 9.96. The van der Waals surface area contributed by atoms with E-state index in [-0.39, 0.29) is 5.97 Å². The van der Waals surface area contributed by atoms with Crippen LogP contribution in [0.25, 0.3) is 0 Å². The summed E-state index contributed by atoms with van der Waals surface area (Å²) in [6.45, 7) is 10.6. The van der Waals surface area contributed by atoms with Crippen molar-refractivity contribution in [1.82, 2.24) is 0 Å². The Kier molecular flexibility index (Phi) is 6.26. The smallest absolute Gasteiger partial charge is 0.333 e. The maximum atomic E-state index is 11.4. The van der Waals surface area contributed by atoms with Gasteiger partial charge in [0.05, 0.1) is 6.61 Å². The predicted octanol–water partition coefficient (Wildman–Crippen LogP) is 3.18. The average Bonchev–Trinajstić information content (AvgIpc) is 2.12. The molecule has 0 aromatic heterocycles. The molecule has 0 aliphatic carbocycles. The monoisotopic (exact) mass is 198 g/mol. The fraction of sp³-hybridized carbons (Fsp3) is 0.750. The highest BCUT2D eigenvalue weighted by molar-refractivity contribution is 5.87. The molecule has 0 aliphatic heterocycles. The van der Waals surface area contributed by atoms with Crippen molar-refractivity contribution in [2.75, 3.05) is 6.61 Å². The molecule has 0 rings (SSSR count). The molecule has 1 unspecified atom stereocenters. The quantitative estimate of drug-likeness (QED) is 0.501. The molecule has 0 spiro atoms.